The molecule has 0 bridgehead atoms. The van der Waals surface area contributed by atoms with E-state index in [0.29, 0.717) is 12.5 Å². The number of carbonyl (C=O) groups is 2. The summed E-state index contributed by atoms with van der Waals surface area (Å²) in [5.41, 5.74) is 1.34. The van der Waals surface area contributed by atoms with E-state index in [2.05, 4.69) is 24.3 Å². The Balaban J connectivity index is 1.49. The maximum Gasteiger partial charge on any atom is 0.307 e. The Morgan fingerprint density at radius 1 is 1.18 bits per heavy atom. The Kier molecular flexibility index (Phi) is 4.46. The SMILES string of the molecule is O=C(O)C1CC1C(=O)N1CCCC1CCCc1ccccc1. The zero-order valence-electron chi connectivity index (χ0n) is 12.8. The molecule has 1 aliphatic heterocycles. The molecule has 1 saturated carbocycles. The fourth-order valence-electron chi connectivity index (χ4n) is 3.57. The molecule has 1 saturated heterocycles. The molecule has 2 aliphatic rings. The van der Waals surface area contributed by atoms with Crippen molar-refractivity contribution >= 4 is 11.9 Å². The molecule has 0 aromatic heterocycles. The van der Waals surface area contributed by atoms with Crippen LogP contribution in [0.15, 0.2) is 30.3 Å². The van der Waals surface area contributed by atoms with Crippen molar-refractivity contribution in [2.45, 2.75) is 44.6 Å². The molecule has 0 radical (unpaired) electrons. The van der Waals surface area contributed by atoms with E-state index in [-0.39, 0.29) is 11.8 Å². The van der Waals surface area contributed by atoms with Crippen molar-refractivity contribution in [3.05, 3.63) is 35.9 Å². The summed E-state index contributed by atoms with van der Waals surface area (Å²) in [5, 5.41) is 8.98. The lowest BCUT2D eigenvalue weighted by atomic mass is 10.0. The summed E-state index contributed by atoms with van der Waals surface area (Å²) in [6.07, 6.45) is 5.77. The molecule has 2 fully saturated rings. The maximum absolute atomic E-state index is 12.4. The largest absolute Gasteiger partial charge is 0.481 e. The van der Waals surface area contributed by atoms with Crippen molar-refractivity contribution in [3.8, 4) is 0 Å². The molecule has 118 valence electrons. The molecular formula is C18H23NO3. The highest BCUT2D eigenvalue weighted by Gasteiger charge is 2.51. The minimum atomic E-state index is -0.821. The van der Waals surface area contributed by atoms with Crippen molar-refractivity contribution in [1.82, 2.24) is 4.90 Å². The number of carboxylic acids is 1. The van der Waals surface area contributed by atoms with Crippen molar-refractivity contribution < 1.29 is 14.7 Å². The number of benzene rings is 1. The third-order valence-corrected chi connectivity index (χ3v) is 4.93. The Morgan fingerprint density at radius 3 is 2.64 bits per heavy atom. The summed E-state index contributed by atoms with van der Waals surface area (Å²) < 4.78 is 0. The molecule has 0 spiro atoms. The molecule has 1 aromatic carbocycles. The van der Waals surface area contributed by atoms with Gasteiger partial charge in [-0.2, -0.15) is 0 Å². The van der Waals surface area contributed by atoms with Crippen molar-refractivity contribution in [2.75, 3.05) is 6.54 Å². The highest BCUT2D eigenvalue weighted by Crippen LogP contribution is 2.41. The lowest BCUT2D eigenvalue weighted by Gasteiger charge is -2.25. The molecule has 1 heterocycles. The smallest absolute Gasteiger partial charge is 0.307 e. The third-order valence-electron chi connectivity index (χ3n) is 4.93. The second-order valence-electron chi connectivity index (χ2n) is 6.49. The number of aliphatic carboxylic acids is 1. The van der Waals surface area contributed by atoms with Gasteiger partial charge in [-0.05, 0) is 44.1 Å². The van der Waals surface area contributed by atoms with Crippen LogP contribution in [0.3, 0.4) is 0 Å². The lowest BCUT2D eigenvalue weighted by Crippen LogP contribution is -2.37. The Labute approximate surface area is 131 Å². The van der Waals surface area contributed by atoms with Gasteiger partial charge in [-0.15, -0.1) is 0 Å². The van der Waals surface area contributed by atoms with Crippen LogP contribution in [0.25, 0.3) is 0 Å². The zero-order chi connectivity index (χ0) is 15.5. The minimum absolute atomic E-state index is 0.0783. The topological polar surface area (TPSA) is 57.6 Å². The number of amides is 1. The molecule has 4 heteroatoms. The second kappa shape index (κ2) is 6.51. The van der Waals surface area contributed by atoms with Gasteiger partial charge in [-0.1, -0.05) is 30.3 Å². The van der Waals surface area contributed by atoms with E-state index in [4.69, 9.17) is 5.11 Å². The first-order chi connectivity index (χ1) is 10.7. The van der Waals surface area contributed by atoms with Gasteiger partial charge >= 0.3 is 5.97 Å². The van der Waals surface area contributed by atoms with Gasteiger partial charge < -0.3 is 10.0 Å². The van der Waals surface area contributed by atoms with Gasteiger partial charge in [0.25, 0.3) is 0 Å². The summed E-state index contributed by atoms with van der Waals surface area (Å²) >= 11 is 0. The predicted octanol–water partition coefficient (Wildman–Crippen LogP) is 2.72. The second-order valence-corrected chi connectivity index (χ2v) is 6.49. The monoisotopic (exact) mass is 301 g/mol. The van der Waals surface area contributed by atoms with Gasteiger partial charge in [0.2, 0.25) is 5.91 Å². The minimum Gasteiger partial charge on any atom is -0.481 e. The van der Waals surface area contributed by atoms with E-state index in [9.17, 15) is 9.59 Å². The Morgan fingerprint density at radius 2 is 1.95 bits per heavy atom. The number of hydrogen-bond acceptors (Lipinski definition) is 2. The summed E-state index contributed by atoms with van der Waals surface area (Å²) in [5.74, 6) is -1.43. The average molecular weight is 301 g/mol. The van der Waals surface area contributed by atoms with Gasteiger partial charge in [0.1, 0.15) is 0 Å². The number of nitrogens with zero attached hydrogens (tertiary/aromatic N) is 1. The normalized spacial score (nSPS) is 26.9. The fourth-order valence-corrected chi connectivity index (χ4v) is 3.57. The van der Waals surface area contributed by atoms with Crippen LogP contribution in [0, 0.1) is 11.8 Å². The number of likely N-dealkylation sites (tertiary alicyclic amines) is 1. The Bertz CT molecular complexity index is 543. The van der Waals surface area contributed by atoms with Gasteiger partial charge in [0.05, 0.1) is 11.8 Å². The van der Waals surface area contributed by atoms with Crippen LogP contribution in [0.5, 0.6) is 0 Å². The number of carbonyl (C=O) groups excluding carboxylic acids is 1. The molecule has 3 atom stereocenters. The maximum atomic E-state index is 12.4. The summed E-state index contributed by atoms with van der Waals surface area (Å²) in [7, 11) is 0. The van der Waals surface area contributed by atoms with E-state index in [1.807, 2.05) is 11.0 Å². The molecule has 1 aliphatic carbocycles. The highest BCUT2D eigenvalue weighted by atomic mass is 16.4. The first-order valence-electron chi connectivity index (χ1n) is 8.24. The number of rotatable bonds is 6. The van der Waals surface area contributed by atoms with Gasteiger partial charge in [-0.3, -0.25) is 9.59 Å². The van der Waals surface area contributed by atoms with Gasteiger partial charge in [0.15, 0.2) is 0 Å². The van der Waals surface area contributed by atoms with Crippen molar-refractivity contribution in [1.29, 1.82) is 0 Å². The summed E-state index contributed by atoms with van der Waals surface area (Å²) in [4.78, 5) is 25.3. The predicted molar refractivity (Wildman–Crippen MR) is 83.3 cm³/mol. The van der Waals surface area contributed by atoms with Gasteiger partial charge in [-0.25, -0.2) is 0 Å². The Hall–Kier alpha value is -1.84. The van der Waals surface area contributed by atoms with Gasteiger partial charge in [0, 0.05) is 12.6 Å². The summed E-state index contributed by atoms with van der Waals surface area (Å²) in [6, 6.07) is 10.7. The van der Waals surface area contributed by atoms with E-state index in [1.54, 1.807) is 0 Å². The van der Waals surface area contributed by atoms with Crippen LogP contribution in [0.4, 0.5) is 0 Å². The average Bonchev–Trinajstić information content (AvgIpc) is 3.20. The van der Waals surface area contributed by atoms with Crippen LogP contribution in [0.1, 0.15) is 37.7 Å². The van der Waals surface area contributed by atoms with E-state index >= 15 is 0 Å². The standard InChI is InChI=1S/C18H23NO3/c20-17(15-12-16(15)18(21)22)19-11-5-10-14(19)9-4-8-13-6-2-1-3-7-13/h1-3,6-7,14-16H,4-5,8-12H2,(H,21,22). The highest BCUT2D eigenvalue weighted by molar-refractivity contribution is 5.89. The quantitative estimate of drug-likeness (QED) is 0.879. The number of aryl methyl sites for hydroxylation is 1. The van der Waals surface area contributed by atoms with E-state index in [0.717, 1.165) is 38.6 Å². The fraction of sp³-hybridized carbons (Fsp3) is 0.556. The van der Waals surface area contributed by atoms with Crippen molar-refractivity contribution in [2.24, 2.45) is 11.8 Å². The molecule has 22 heavy (non-hydrogen) atoms. The lowest BCUT2D eigenvalue weighted by molar-refractivity contribution is -0.142. The van der Waals surface area contributed by atoms with Crippen LogP contribution < -0.4 is 0 Å². The van der Waals surface area contributed by atoms with Crippen molar-refractivity contribution in [3.63, 3.8) is 0 Å². The molecule has 1 aromatic rings. The summed E-state index contributed by atoms with van der Waals surface area (Å²) in [6.45, 7) is 0.803. The molecule has 3 rings (SSSR count). The first-order valence-corrected chi connectivity index (χ1v) is 8.24. The molecular weight excluding hydrogens is 278 g/mol. The third kappa shape index (κ3) is 3.32. The van der Waals surface area contributed by atoms with E-state index < -0.39 is 11.9 Å². The van der Waals surface area contributed by atoms with Crippen LogP contribution >= 0.6 is 0 Å². The molecule has 1 N–H and O–H groups in total. The van der Waals surface area contributed by atoms with E-state index in [1.165, 1.54) is 5.56 Å². The van der Waals surface area contributed by atoms with Crippen LogP contribution in [0.2, 0.25) is 0 Å². The van der Waals surface area contributed by atoms with Crippen LogP contribution in [-0.4, -0.2) is 34.5 Å². The molecule has 3 unspecified atom stereocenters. The van der Waals surface area contributed by atoms with Crippen LogP contribution in [-0.2, 0) is 16.0 Å². The molecule has 1 amide bonds. The number of hydrogen-bond donors (Lipinski definition) is 1. The number of carboxylic acid groups (broad SMARTS) is 1. The molecule has 4 nitrogen and oxygen atoms in total. The zero-order valence-corrected chi connectivity index (χ0v) is 12.8. The first kappa shape index (κ1) is 15.1.